The third-order valence-corrected chi connectivity index (χ3v) is 3.37. The number of hydrogen-bond donors (Lipinski definition) is 2. The van der Waals surface area contributed by atoms with Crippen molar-refractivity contribution in [3.63, 3.8) is 0 Å². The van der Waals surface area contributed by atoms with Gasteiger partial charge in [-0.3, -0.25) is 0 Å². The molecule has 112 valence electrons. The molecular weight excluding hydrogens is 271 g/mol. The molecule has 2 aromatic rings. The van der Waals surface area contributed by atoms with E-state index in [2.05, 4.69) is 21.9 Å². The maximum Gasteiger partial charge on any atom is 0.222 e. The molecule has 3 N–H and O–H groups in total. The first-order chi connectivity index (χ1) is 10.1. The van der Waals surface area contributed by atoms with Crippen LogP contribution in [0.4, 0.5) is 16.2 Å². The SMILES string of the molecule is CCC[C@H](C)C(CO)=Nc1nc(N)nc2cccc(F)c12. The van der Waals surface area contributed by atoms with Gasteiger partial charge in [0.2, 0.25) is 5.95 Å². The molecule has 0 aliphatic rings. The summed E-state index contributed by atoms with van der Waals surface area (Å²) in [5.74, 6) is -0.153. The van der Waals surface area contributed by atoms with Gasteiger partial charge in [-0.25, -0.2) is 14.4 Å². The number of aliphatic hydroxyl groups is 1. The standard InChI is InChI=1S/C15H19FN4O/c1-3-5-9(2)12(8-21)18-14-13-10(16)6-4-7-11(13)19-15(17)20-14/h4,6-7,9,21H,3,5,8H2,1-2H3,(H2,17,19,20)/t9-/m0/s1. The van der Waals surface area contributed by atoms with Crippen LogP contribution in [-0.2, 0) is 0 Å². The molecule has 0 saturated carbocycles. The first-order valence-electron chi connectivity index (χ1n) is 6.96. The van der Waals surface area contributed by atoms with Gasteiger partial charge in [0, 0.05) is 5.71 Å². The van der Waals surface area contributed by atoms with Crippen LogP contribution in [0.25, 0.3) is 10.9 Å². The molecule has 1 atom stereocenters. The van der Waals surface area contributed by atoms with Crippen LogP contribution in [0.15, 0.2) is 23.2 Å². The summed E-state index contributed by atoms with van der Waals surface area (Å²) in [6.07, 6.45) is 1.86. The zero-order valence-corrected chi connectivity index (χ0v) is 12.2. The second-order valence-electron chi connectivity index (χ2n) is 4.99. The lowest BCUT2D eigenvalue weighted by atomic mass is 10.0. The van der Waals surface area contributed by atoms with Gasteiger partial charge in [0.1, 0.15) is 5.82 Å². The van der Waals surface area contributed by atoms with E-state index in [0.717, 1.165) is 12.8 Å². The molecule has 6 heteroatoms. The predicted molar refractivity (Wildman–Crippen MR) is 82.2 cm³/mol. The summed E-state index contributed by atoms with van der Waals surface area (Å²) in [5, 5.41) is 9.72. The van der Waals surface area contributed by atoms with Crippen molar-refractivity contribution in [1.82, 2.24) is 9.97 Å². The van der Waals surface area contributed by atoms with Crippen molar-refractivity contribution in [1.29, 1.82) is 0 Å². The Labute approximate surface area is 122 Å². The lowest BCUT2D eigenvalue weighted by Gasteiger charge is -2.12. The van der Waals surface area contributed by atoms with E-state index in [9.17, 15) is 9.50 Å². The second kappa shape index (κ2) is 6.58. The number of nitrogens with zero attached hydrogens (tertiary/aromatic N) is 3. The normalized spacial score (nSPS) is 13.6. The van der Waals surface area contributed by atoms with Crippen molar-refractivity contribution < 1.29 is 9.50 Å². The van der Waals surface area contributed by atoms with Gasteiger partial charge in [-0.1, -0.05) is 26.3 Å². The minimum absolute atomic E-state index is 0.0345. The molecule has 1 aromatic carbocycles. The average molecular weight is 290 g/mol. The molecule has 0 bridgehead atoms. The average Bonchev–Trinajstić information content (AvgIpc) is 2.44. The van der Waals surface area contributed by atoms with E-state index in [4.69, 9.17) is 5.73 Å². The first-order valence-corrected chi connectivity index (χ1v) is 6.96. The van der Waals surface area contributed by atoms with Crippen molar-refractivity contribution in [3.05, 3.63) is 24.0 Å². The van der Waals surface area contributed by atoms with E-state index in [1.54, 1.807) is 12.1 Å². The van der Waals surface area contributed by atoms with Crippen molar-refractivity contribution in [2.45, 2.75) is 26.7 Å². The maximum atomic E-state index is 14.0. The summed E-state index contributed by atoms with van der Waals surface area (Å²) in [4.78, 5) is 12.4. The summed E-state index contributed by atoms with van der Waals surface area (Å²) in [6, 6.07) is 4.54. The van der Waals surface area contributed by atoms with Gasteiger partial charge in [-0.05, 0) is 24.5 Å². The van der Waals surface area contributed by atoms with Crippen molar-refractivity contribution in [2.75, 3.05) is 12.3 Å². The van der Waals surface area contributed by atoms with E-state index >= 15 is 0 Å². The summed E-state index contributed by atoms with van der Waals surface area (Å²) in [7, 11) is 0. The zero-order valence-electron chi connectivity index (χ0n) is 12.2. The van der Waals surface area contributed by atoms with Gasteiger partial charge >= 0.3 is 0 Å². The molecule has 5 nitrogen and oxygen atoms in total. The third kappa shape index (κ3) is 3.33. The second-order valence-corrected chi connectivity index (χ2v) is 4.99. The minimum Gasteiger partial charge on any atom is -0.390 e. The highest BCUT2D eigenvalue weighted by Gasteiger charge is 2.14. The van der Waals surface area contributed by atoms with Gasteiger partial charge < -0.3 is 10.8 Å². The van der Waals surface area contributed by atoms with E-state index in [1.807, 2.05) is 6.92 Å². The van der Waals surface area contributed by atoms with Crippen LogP contribution in [0.2, 0.25) is 0 Å². The third-order valence-electron chi connectivity index (χ3n) is 3.37. The highest BCUT2D eigenvalue weighted by Crippen LogP contribution is 2.27. The summed E-state index contributed by atoms with van der Waals surface area (Å²) < 4.78 is 14.0. The lowest BCUT2D eigenvalue weighted by Crippen LogP contribution is -2.15. The minimum atomic E-state index is -0.452. The number of fused-ring (bicyclic) bond motifs is 1. The summed E-state index contributed by atoms with van der Waals surface area (Å²) >= 11 is 0. The zero-order chi connectivity index (χ0) is 15.4. The molecule has 0 amide bonds. The Kier molecular flexibility index (Phi) is 4.80. The van der Waals surface area contributed by atoms with Crippen LogP contribution in [0, 0.1) is 11.7 Å². The van der Waals surface area contributed by atoms with Crippen LogP contribution in [-0.4, -0.2) is 27.4 Å². The Bertz CT molecular complexity index is 672. The van der Waals surface area contributed by atoms with Gasteiger partial charge in [-0.15, -0.1) is 0 Å². The molecule has 0 aliphatic heterocycles. The molecular formula is C15H19FN4O. The van der Waals surface area contributed by atoms with E-state index in [-0.39, 0.29) is 29.7 Å². The highest BCUT2D eigenvalue weighted by molar-refractivity contribution is 5.95. The Morgan fingerprint density at radius 2 is 2.19 bits per heavy atom. The predicted octanol–water partition coefficient (Wildman–Crippen LogP) is 2.85. The number of halogens is 1. The fraction of sp³-hybridized carbons (Fsp3) is 0.400. The number of nitrogens with two attached hydrogens (primary N) is 1. The highest BCUT2D eigenvalue weighted by atomic mass is 19.1. The fourth-order valence-electron chi connectivity index (χ4n) is 2.26. The Morgan fingerprint density at radius 3 is 2.86 bits per heavy atom. The fourth-order valence-corrected chi connectivity index (χ4v) is 2.26. The molecule has 1 aromatic heterocycles. The monoisotopic (exact) mass is 290 g/mol. The molecule has 0 aliphatic carbocycles. The Balaban J connectivity index is 2.59. The largest absolute Gasteiger partial charge is 0.390 e. The molecule has 0 saturated heterocycles. The Hall–Kier alpha value is -2.08. The molecule has 0 spiro atoms. The van der Waals surface area contributed by atoms with E-state index in [0.29, 0.717) is 11.2 Å². The molecule has 0 fully saturated rings. The molecule has 21 heavy (non-hydrogen) atoms. The summed E-state index contributed by atoms with van der Waals surface area (Å²) in [5.41, 5.74) is 6.62. The Morgan fingerprint density at radius 1 is 1.43 bits per heavy atom. The number of hydrogen-bond acceptors (Lipinski definition) is 5. The van der Waals surface area contributed by atoms with Gasteiger partial charge in [0.05, 0.1) is 17.5 Å². The van der Waals surface area contributed by atoms with Crippen LogP contribution in [0.3, 0.4) is 0 Å². The van der Waals surface area contributed by atoms with Crippen molar-refractivity contribution in [3.8, 4) is 0 Å². The smallest absolute Gasteiger partial charge is 0.222 e. The van der Waals surface area contributed by atoms with Gasteiger partial charge in [-0.2, -0.15) is 4.98 Å². The van der Waals surface area contributed by atoms with E-state index in [1.165, 1.54) is 6.07 Å². The number of rotatable bonds is 5. The maximum absolute atomic E-state index is 14.0. The van der Waals surface area contributed by atoms with Gasteiger partial charge in [0.15, 0.2) is 5.82 Å². The topological polar surface area (TPSA) is 84.4 Å². The number of nitrogen functional groups attached to an aromatic ring is 1. The van der Waals surface area contributed by atoms with Crippen LogP contribution in [0.1, 0.15) is 26.7 Å². The number of anilines is 1. The van der Waals surface area contributed by atoms with Crippen LogP contribution >= 0.6 is 0 Å². The van der Waals surface area contributed by atoms with Crippen LogP contribution in [0.5, 0.6) is 0 Å². The molecule has 0 unspecified atom stereocenters. The molecule has 0 radical (unpaired) electrons. The quantitative estimate of drug-likeness (QED) is 0.829. The van der Waals surface area contributed by atoms with Crippen molar-refractivity contribution in [2.24, 2.45) is 10.9 Å². The lowest BCUT2D eigenvalue weighted by molar-refractivity contribution is 0.349. The number of benzene rings is 1. The molecule has 2 rings (SSSR count). The number of aliphatic hydroxyl groups excluding tert-OH is 1. The number of aliphatic imine (C=N–C) groups is 1. The molecule has 1 heterocycles. The number of aromatic nitrogens is 2. The van der Waals surface area contributed by atoms with E-state index < -0.39 is 5.82 Å². The van der Waals surface area contributed by atoms with Crippen molar-refractivity contribution >= 4 is 28.4 Å². The first kappa shape index (κ1) is 15.3. The summed E-state index contributed by atoms with van der Waals surface area (Å²) in [6.45, 7) is 3.84. The van der Waals surface area contributed by atoms with Gasteiger partial charge in [0.25, 0.3) is 0 Å². The van der Waals surface area contributed by atoms with Crippen LogP contribution < -0.4 is 5.73 Å².